The maximum absolute atomic E-state index is 14.3. The number of hydrogen-bond acceptors (Lipinski definition) is 6. The van der Waals surface area contributed by atoms with Gasteiger partial charge in [0.05, 0.1) is 11.8 Å². The lowest BCUT2D eigenvalue weighted by Crippen LogP contribution is -2.16. The molecule has 10 heteroatoms. The molecule has 0 N–H and O–H groups in total. The fourth-order valence-corrected chi connectivity index (χ4v) is 3.79. The van der Waals surface area contributed by atoms with E-state index in [2.05, 4.69) is 20.2 Å². The molecule has 0 aliphatic heterocycles. The zero-order chi connectivity index (χ0) is 21.4. The van der Waals surface area contributed by atoms with E-state index >= 15 is 0 Å². The van der Waals surface area contributed by atoms with Crippen LogP contribution in [0.4, 0.5) is 4.39 Å². The third-order valence-corrected chi connectivity index (χ3v) is 5.06. The Kier molecular flexibility index (Phi) is 5.48. The number of aromatic nitrogens is 6. The number of aryl methyl sites for hydroxylation is 1. The van der Waals surface area contributed by atoms with Gasteiger partial charge in [-0.15, -0.1) is 0 Å². The lowest BCUT2D eigenvalue weighted by molar-refractivity contribution is -0.117. The Balaban J connectivity index is 1.65. The van der Waals surface area contributed by atoms with Crippen LogP contribution < -0.4 is 0 Å². The zero-order valence-electron chi connectivity index (χ0n) is 16.8. The number of rotatable bonds is 7. The molecule has 0 radical (unpaired) electrons. The van der Waals surface area contributed by atoms with Crippen molar-refractivity contribution in [1.82, 2.24) is 29.2 Å². The first-order chi connectivity index (χ1) is 14.4. The normalized spacial score (nSPS) is 12.7. The van der Waals surface area contributed by atoms with Crippen molar-refractivity contribution in [3.63, 3.8) is 0 Å². The highest BCUT2D eigenvalue weighted by atomic mass is 35.5. The number of Topliss-reactive ketones (excluding diaryl/α,β-unsaturated/α-hetero) is 1. The smallest absolute Gasteiger partial charge is 0.191 e. The molecule has 4 heterocycles. The number of pyridine rings is 1. The van der Waals surface area contributed by atoms with E-state index < -0.39 is 5.82 Å². The molecular formula is C20H20ClFN6O2. The quantitative estimate of drug-likeness (QED) is 0.447. The standard InChI is InChI=1S/C20H20ClFN6O2/c1-4-16(30-3)19-13(9-23-18-8-17(21)26-28(18)19)7-14(29)5-12-6-15(22)20-24-11(2)25-27(20)10-12/h6,8-10,16H,4-5,7H2,1-3H3. The summed E-state index contributed by atoms with van der Waals surface area (Å²) in [6.07, 6.45) is 3.82. The Morgan fingerprint density at radius 3 is 2.83 bits per heavy atom. The van der Waals surface area contributed by atoms with E-state index in [4.69, 9.17) is 16.3 Å². The van der Waals surface area contributed by atoms with Gasteiger partial charge in [-0.1, -0.05) is 18.5 Å². The van der Waals surface area contributed by atoms with Gasteiger partial charge in [0.25, 0.3) is 0 Å². The first-order valence-corrected chi connectivity index (χ1v) is 9.86. The van der Waals surface area contributed by atoms with E-state index in [1.165, 1.54) is 10.6 Å². The molecule has 0 fully saturated rings. The molecule has 156 valence electrons. The molecule has 4 aromatic heterocycles. The summed E-state index contributed by atoms with van der Waals surface area (Å²) in [5, 5.41) is 8.73. The van der Waals surface area contributed by atoms with E-state index in [0.717, 1.165) is 5.69 Å². The second-order valence-corrected chi connectivity index (χ2v) is 7.44. The molecule has 30 heavy (non-hydrogen) atoms. The Morgan fingerprint density at radius 1 is 1.30 bits per heavy atom. The van der Waals surface area contributed by atoms with E-state index in [9.17, 15) is 9.18 Å². The van der Waals surface area contributed by atoms with Gasteiger partial charge in [-0.3, -0.25) is 4.79 Å². The van der Waals surface area contributed by atoms with Crippen LogP contribution in [0.1, 0.15) is 42.1 Å². The molecule has 1 unspecified atom stereocenters. The summed E-state index contributed by atoms with van der Waals surface area (Å²) in [7, 11) is 1.61. The van der Waals surface area contributed by atoms with Crippen LogP contribution in [0.3, 0.4) is 0 Å². The highest BCUT2D eigenvalue weighted by Gasteiger charge is 2.21. The zero-order valence-corrected chi connectivity index (χ0v) is 17.5. The average Bonchev–Trinajstić information content (AvgIpc) is 3.25. The van der Waals surface area contributed by atoms with E-state index in [-0.39, 0.29) is 30.4 Å². The van der Waals surface area contributed by atoms with Gasteiger partial charge < -0.3 is 4.74 Å². The van der Waals surface area contributed by atoms with Crippen molar-refractivity contribution in [3.05, 3.63) is 58.1 Å². The summed E-state index contributed by atoms with van der Waals surface area (Å²) in [4.78, 5) is 21.2. The third-order valence-electron chi connectivity index (χ3n) is 4.87. The number of fused-ring (bicyclic) bond motifs is 2. The van der Waals surface area contributed by atoms with Crippen molar-refractivity contribution >= 4 is 28.7 Å². The van der Waals surface area contributed by atoms with E-state index in [1.807, 2.05) is 6.92 Å². The van der Waals surface area contributed by atoms with Crippen LogP contribution in [-0.4, -0.2) is 42.1 Å². The van der Waals surface area contributed by atoms with Crippen LogP contribution in [0, 0.1) is 12.7 Å². The number of carbonyl (C=O) groups excluding carboxylic acids is 1. The molecule has 0 aliphatic rings. The molecule has 8 nitrogen and oxygen atoms in total. The molecular weight excluding hydrogens is 411 g/mol. The van der Waals surface area contributed by atoms with Crippen LogP contribution >= 0.6 is 11.6 Å². The molecule has 0 saturated heterocycles. The summed E-state index contributed by atoms with van der Waals surface area (Å²) in [5.41, 5.74) is 2.67. The van der Waals surface area contributed by atoms with Crippen molar-refractivity contribution in [3.8, 4) is 0 Å². The fraction of sp³-hybridized carbons (Fsp3) is 0.350. The first kappa shape index (κ1) is 20.4. The topological polar surface area (TPSA) is 86.7 Å². The second-order valence-electron chi connectivity index (χ2n) is 7.05. The number of halogens is 2. The minimum atomic E-state index is -0.513. The summed E-state index contributed by atoms with van der Waals surface area (Å²) < 4.78 is 22.9. The SMILES string of the molecule is CCC(OC)c1c(CC(=O)Cc2cc(F)c3nc(C)nn3c2)cnc2cc(Cl)nn12. The highest BCUT2D eigenvalue weighted by Crippen LogP contribution is 2.26. The summed E-state index contributed by atoms with van der Waals surface area (Å²) >= 11 is 6.05. The fourth-order valence-electron chi connectivity index (χ4n) is 3.61. The van der Waals surface area contributed by atoms with Crippen molar-refractivity contribution in [1.29, 1.82) is 0 Å². The minimum absolute atomic E-state index is 0.0485. The van der Waals surface area contributed by atoms with Crippen LogP contribution in [0.2, 0.25) is 5.15 Å². The molecule has 0 saturated carbocycles. The lowest BCUT2D eigenvalue weighted by atomic mass is 10.0. The number of ketones is 1. The van der Waals surface area contributed by atoms with Gasteiger partial charge >= 0.3 is 0 Å². The molecule has 4 aromatic rings. The highest BCUT2D eigenvalue weighted by molar-refractivity contribution is 6.29. The van der Waals surface area contributed by atoms with Crippen LogP contribution in [0.25, 0.3) is 11.3 Å². The number of ether oxygens (including phenoxy) is 1. The van der Waals surface area contributed by atoms with Crippen molar-refractivity contribution in [2.75, 3.05) is 7.11 Å². The minimum Gasteiger partial charge on any atom is -0.375 e. The van der Waals surface area contributed by atoms with E-state index in [0.29, 0.717) is 34.2 Å². The Morgan fingerprint density at radius 2 is 2.10 bits per heavy atom. The largest absolute Gasteiger partial charge is 0.375 e. The maximum Gasteiger partial charge on any atom is 0.191 e. The van der Waals surface area contributed by atoms with E-state index in [1.54, 1.807) is 37.0 Å². The molecule has 0 bridgehead atoms. The van der Waals surface area contributed by atoms with Gasteiger partial charge in [0, 0.05) is 44.0 Å². The molecule has 1 atom stereocenters. The number of nitrogens with zero attached hydrogens (tertiary/aromatic N) is 6. The van der Waals surface area contributed by atoms with Gasteiger partial charge in [0.2, 0.25) is 0 Å². The van der Waals surface area contributed by atoms with Crippen molar-refractivity contribution in [2.24, 2.45) is 0 Å². The van der Waals surface area contributed by atoms with Gasteiger partial charge in [-0.25, -0.2) is 23.4 Å². The Labute approximate surface area is 176 Å². The van der Waals surface area contributed by atoms with Crippen LogP contribution in [0.5, 0.6) is 0 Å². The van der Waals surface area contributed by atoms with Gasteiger partial charge in [-0.05, 0) is 25.0 Å². The summed E-state index contributed by atoms with van der Waals surface area (Å²) in [6.45, 7) is 3.67. The van der Waals surface area contributed by atoms with Crippen LogP contribution in [0.15, 0.2) is 24.5 Å². The Bertz CT molecular complexity index is 1250. The maximum atomic E-state index is 14.3. The average molecular weight is 431 g/mol. The molecule has 0 aromatic carbocycles. The predicted molar refractivity (Wildman–Crippen MR) is 108 cm³/mol. The predicted octanol–water partition coefficient (Wildman–Crippen LogP) is 3.32. The number of carbonyl (C=O) groups is 1. The lowest BCUT2D eigenvalue weighted by Gasteiger charge is -2.18. The van der Waals surface area contributed by atoms with Gasteiger partial charge in [0.1, 0.15) is 11.6 Å². The summed E-state index contributed by atoms with van der Waals surface area (Å²) in [5.74, 6) is -0.150. The monoisotopic (exact) mass is 430 g/mol. The summed E-state index contributed by atoms with van der Waals surface area (Å²) in [6, 6.07) is 2.97. The molecule has 0 spiro atoms. The second kappa shape index (κ2) is 8.08. The van der Waals surface area contributed by atoms with Crippen molar-refractivity contribution in [2.45, 2.75) is 39.2 Å². The first-order valence-electron chi connectivity index (χ1n) is 9.48. The molecule has 4 rings (SSSR count). The molecule has 0 amide bonds. The number of methoxy groups -OCH3 is 1. The van der Waals surface area contributed by atoms with Gasteiger partial charge in [0.15, 0.2) is 22.3 Å². The van der Waals surface area contributed by atoms with Crippen LogP contribution in [-0.2, 0) is 22.4 Å². The Hall–Kier alpha value is -2.91. The third kappa shape index (κ3) is 3.78. The van der Waals surface area contributed by atoms with Crippen molar-refractivity contribution < 1.29 is 13.9 Å². The van der Waals surface area contributed by atoms with Gasteiger partial charge in [-0.2, -0.15) is 10.2 Å². The molecule has 0 aliphatic carbocycles. The number of hydrogen-bond donors (Lipinski definition) is 0.